The highest BCUT2D eigenvalue weighted by atomic mass is 16.3. The van der Waals surface area contributed by atoms with Crippen LogP contribution in [0.4, 0.5) is 11.4 Å². The summed E-state index contributed by atoms with van der Waals surface area (Å²) in [4.78, 5) is 2.16. The predicted molar refractivity (Wildman–Crippen MR) is 79.3 cm³/mol. The van der Waals surface area contributed by atoms with Crippen LogP contribution in [0.5, 0.6) is 0 Å². The maximum atomic E-state index is 9.01. The second-order valence-electron chi connectivity index (χ2n) is 5.03. The van der Waals surface area contributed by atoms with Gasteiger partial charge in [-0.2, -0.15) is 0 Å². The Kier molecular flexibility index (Phi) is 5.99. The highest BCUT2D eigenvalue weighted by Gasteiger charge is 2.07. The molecule has 0 bridgehead atoms. The number of nitrogens with one attached hydrogen (secondary N) is 1. The first kappa shape index (κ1) is 14.8. The molecular weight excluding hydrogens is 224 g/mol. The molecule has 1 unspecified atom stereocenters. The van der Waals surface area contributed by atoms with Crippen molar-refractivity contribution in [2.24, 2.45) is 5.92 Å². The van der Waals surface area contributed by atoms with Crippen molar-refractivity contribution in [3.05, 3.63) is 24.3 Å². The minimum absolute atomic E-state index is 0.193. The normalized spacial score (nSPS) is 12.6. The Labute approximate surface area is 111 Å². The summed E-state index contributed by atoms with van der Waals surface area (Å²) in [5, 5.41) is 12.5. The summed E-state index contributed by atoms with van der Waals surface area (Å²) in [6.45, 7) is 10.5. The van der Waals surface area contributed by atoms with Gasteiger partial charge in [-0.25, -0.2) is 0 Å². The Balaban J connectivity index is 2.67. The van der Waals surface area contributed by atoms with E-state index in [0.29, 0.717) is 18.5 Å². The van der Waals surface area contributed by atoms with E-state index in [4.69, 9.17) is 5.11 Å². The van der Waals surface area contributed by atoms with Crippen LogP contribution < -0.4 is 10.2 Å². The fraction of sp³-hybridized carbons (Fsp3) is 0.600. The average molecular weight is 250 g/mol. The maximum absolute atomic E-state index is 9.01. The van der Waals surface area contributed by atoms with Crippen LogP contribution in [-0.4, -0.2) is 30.8 Å². The van der Waals surface area contributed by atoms with E-state index >= 15 is 0 Å². The van der Waals surface area contributed by atoms with Gasteiger partial charge < -0.3 is 15.3 Å². The molecule has 1 atom stereocenters. The quantitative estimate of drug-likeness (QED) is 0.781. The summed E-state index contributed by atoms with van der Waals surface area (Å²) in [5.41, 5.74) is 2.31. The number of aliphatic hydroxyl groups is 1. The fourth-order valence-corrected chi connectivity index (χ4v) is 1.79. The molecule has 0 heterocycles. The number of benzene rings is 1. The Morgan fingerprint density at radius 3 is 2.22 bits per heavy atom. The van der Waals surface area contributed by atoms with Crippen LogP contribution in [0.3, 0.4) is 0 Å². The highest BCUT2D eigenvalue weighted by molar-refractivity contribution is 5.55. The molecule has 0 radical (unpaired) electrons. The molecular formula is C15H26N2O. The third kappa shape index (κ3) is 4.22. The summed E-state index contributed by atoms with van der Waals surface area (Å²) >= 11 is 0. The van der Waals surface area contributed by atoms with E-state index in [1.165, 1.54) is 0 Å². The van der Waals surface area contributed by atoms with Gasteiger partial charge in [0.15, 0.2) is 0 Å². The van der Waals surface area contributed by atoms with Crippen LogP contribution in [0, 0.1) is 5.92 Å². The molecule has 1 aromatic rings. The SMILES string of the molecule is CCN(CCO)c1ccc(NC(C)C(C)C)cc1. The number of likely N-dealkylation sites (N-methyl/N-ethyl adjacent to an activating group) is 1. The van der Waals surface area contributed by atoms with Gasteiger partial charge in [-0.15, -0.1) is 0 Å². The van der Waals surface area contributed by atoms with Gasteiger partial charge in [0.05, 0.1) is 6.61 Å². The van der Waals surface area contributed by atoms with Crippen molar-refractivity contribution < 1.29 is 5.11 Å². The monoisotopic (exact) mass is 250 g/mol. The molecule has 0 fully saturated rings. The first-order chi connectivity index (χ1) is 8.58. The van der Waals surface area contributed by atoms with Crippen molar-refractivity contribution in [3.63, 3.8) is 0 Å². The average Bonchev–Trinajstić information content (AvgIpc) is 2.37. The summed E-state index contributed by atoms with van der Waals surface area (Å²) < 4.78 is 0. The van der Waals surface area contributed by atoms with Gasteiger partial charge in [-0.05, 0) is 44.0 Å². The van der Waals surface area contributed by atoms with E-state index in [0.717, 1.165) is 17.9 Å². The van der Waals surface area contributed by atoms with E-state index in [9.17, 15) is 0 Å². The van der Waals surface area contributed by atoms with Crippen LogP contribution in [-0.2, 0) is 0 Å². The molecule has 2 N–H and O–H groups in total. The van der Waals surface area contributed by atoms with Crippen molar-refractivity contribution in [1.29, 1.82) is 0 Å². The predicted octanol–water partition coefficient (Wildman–Crippen LogP) is 2.96. The van der Waals surface area contributed by atoms with E-state index < -0.39 is 0 Å². The lowest BCUT2D eigenvalue weighted by Gasteiger charge is -2.23. The van der Waals surface area contributed by atoms with Gasteiger partial charge in [0.1, 0.15) is 0 Å². The molecule has 0 aliphatic rings. The first-order valence-corrected chi connectivity index (χ1v) is 6.80. The summed E-state index contributed by atoms with van der Waals surface area (Å²) in [5.74, 6) is 0.617. The second-order valence-corrected chi connectivity index (χ2v) is 5.03. The zero-order chi connectivity index (χ0) is 13.5. The molecule has 18 heavy (non-hydrogen) atoms. The molecule has 0 spiro atoms. The van der Waals surface area contributed by atoms with Gasteiger partial charge in [0, 0.05) is 30.5 Å². The molecule has 1 aromatic carbocycles. The van der Waals surface area contributed by atoms with Crippen LogP contribution in [0.1, 0.15) is 27.7 Å². The Morgan fingerprint density at radius 1 is 1.17 bits per heavy atom. The third-order valence-corrected chi connectivity index (χ3v) is 3.38. The summed E-state index contributed by atoms with van der Waals surface area (Å²) in [7, 11) is 0. The van der Waals surface area contributed by atoms with Gasteiger partial charge in [0.2, 0.25) is 0 Å². The zero-order valence-electron chi connectivity index (χ0n) is 12.0. The van der Waals surface area contributed by atoms with Crippen molar-refractivity contribution in [2.45, 2.75) is 33.7 Å². The Hall–Kier alpha value is -1.22. The number of nitrogens with zero attached hydrogens (tertiary/aromatic N) is 1. The lowest BCUT2D eigenvalue weighted by Crippen LogP contribution is -2.26. The molecule has 102 valence electrons. The minimum atomic E-state index is 0.193. The zero-order valence-corrected chi connectivity index (χ0v) is 12.0. The molecule has 0 aliphatic heterocycles. The van der Waals surface area contributed by atoms with Crippen LogP contribution in [0.15, 0.2) is 24.3 Å². The van der Waals surface area contributed by atoms with Gasteiger partial charge in [-0.1, -0.05) is 13.8 Å². The van der Waals surface area contributed by atoms with Crippen molar-refractivity contribution in [1.82, 2.24) is 0 Å². The van der Waals surface area contributed by atoms with Gasteiger partial charge in [0.25, 0.3) is 0 Å². The van der Waals surface area contributed by atoms with Crippen LogP contribution >= 0.6 is 0 Å². The van der Waals surface area contributed by atoms with Crippen LogP contribution in [0.2, 0.25) is 0 Å². The number of hydrogen-bond acceptors (Lipinski definition) is 3. The number of anilines is 2. The first-order valence-electron chi connectivity index (χ1n) is 6.80. The molecule has 0 aromatic heterocycles. The Morgan fingerprint density at radius 2 is 1.78 bits per heavy atom. The molecule has 0 aliphatic carbocycles. The van der Waals surface area contributed by atoms with E-state index in [2.05, 4.69) is 62.2 Å². The van der Waals surface area contributed by atoms with E-state index in [-0.39, 0.29) is 6.61 Å². The second kappa shape index (κ2) is 7.27. The number of rotatable bonds is 7. The van der Waals surface area contributed by atoms with E-state index in [1.807, 2.05) is 0 Å². The summed E-state index contributed by atoms with van der Waals surface area (Å²) in [6.07, 6.45) is 0. The third-order valence-electron chi connectivity index (χ3n) is 3.38. The lowest BCUT2D eigenvalue weighted by molar-refractivity contribution is 0.302. The largest absolute Gasteiger partial charge is 0.395 e. The van der Waals surface area contributed by atoms with Crippen molar-refractivity contribution in [3.8, 4) is 0 Å². The highest BCUT2D eigenvalue weighted by Crippen LogP contribution is 2.19. The van der Waals surface area contributed by atoms with Crippen molar-refractivity contribution in [2.75, 3.05) is 29.9 Å². The van der Waals surface area contributed by atoms with Gasteiger partial charge >= 0.3 is 0 Å². The fourth-order valence-electron chi connectivity index (χ4n) is 1.79. The standard InChI is InChI=1S/C15H26N2O/c1-5-17(10-11-18)15-8-6-14(7-9-15)16-13(4)12(2)3/h6-9,12-13,16,18H,5,10-11H2,1-4H3. The molecule has 1 rings (SSSR count). The lowest BCUT2D eigenvalue weighted by atomic mass is 10.1. The van der Waals surface area contributed by atoms with Crippen LogP contribution in [0.25, 0.3) is 0 Å². The van der Waals surface area contributed by atoms with E-state index in [1.54, 1.807) is 0 Å². The molecule has 0 amide bonds. The smallest absolute Gasteiger partial charge is 0.0606 e. The molecule has 0 saturated heterocycles. The Bertz CT molecular complexity index is 335. The topological polar surface area (TPSA) is 35.5 Å². The molecule has 0 saturated carbocycles. The maximum Gasteiger partial charge on any atom is 0.0606 e. The van der Waals surface area contributed by atoms with Gasteiger partial charge in [-0.3, -0.25) is 0 Å². The molecule has 3 nitrogen and oxygen atoms in total. The minimum Gasteiger partial charge on any atom is -0.395 e. The number of hydrogen-bond donors (Lipinski definition) is 2. The molecule has 3 heteroatoms. The summed E-state index contributed by atoms with van der Waals surface area (Å²) in [6, 6.07) is 8.89. The van der Waals surface area contributed by atoms with Crippen molar-refractivity contribution >= 4 is 11.4 Å². The number of aliphatic hydroxyl groups excluding tert-OH is 1.